The molecule has 12 heteroatoms. The number of hydrogen-bond acceptors (Lipinski definition) is 8. The van der Waals surface area contributed by atoms with Crippen molar-refractivity contribution in [3.8, 4) is 5.75 Å². The molecule has 41 heavy (non-hydrogen) atoms. The van der Waals surface area contributed by atoms with E-state index in [0.717, 1.165) is 70.2 Å². The number of ketones is 1. The Kier molecular flexibility index (Phi) is 8.30. The molecule has 2 bridgehead atoms. The summed E-state index contributed by atoms with van der Waals surface area (Å²) < 4.78 is 39.4. The fraction of sp³-hybridized carbons (Fsp3) is 0.724. The Labute approximate surface area is 241 Å². The van der Waals surface area contributed by atoms with E-state index in [2.05, 4.69) is 11.8 Å². The number of carbonyl (C=O) groups is 2. The highest BCUT2D eigenvalue weighted by Gasteiger charge is 2.70. The number of aromatic hydroxyl groups is 1. The third-order valence-electron chi connectivity index (χ3n) is 10.4. The van der Waals surface area contributed by atoms with E-state index in [0.29, 0.717) is 35.7 Å². The summed E-state index contributed by atoms with van der Waals surface area (Å²) in [5.74, 6) is -0.749. The van der Waals surface area contributed by atoms with Gasteiger partial charge in [-0.05, 0) is 43.7 Å². The van der Waals surface area contributed by atoms with Crippen LogP contribution in [0.2, 0.25) is 0 Å². The number of amides is 1. The number of piperidine rings is 1. The first-order valence-corrected chi connectivity index (χ1v) is 16.3. The van der Waals surface area contributed by atoms with Crippen molar-refractivity contribution >= 4 is 22.0 Å². The molecule has 4 fully saturated rings. The molecule has 1 aromatic carbocycles. The number of likely N-dealkylation sites (N-methyl/N-ethyl adjacent to an activating group) is 1. The third kappa shape index (κ3) is 5.66. The zero-order valence-corrected chi connectivity index (χ0v) is 24.6. The molecule has 1 aromatic rings. The van der Waals surface area contributed by atoms with Crippen LogP contribution in [0.5, 0.6) is 5.75 Å². The molecule has 5 N–H and O–H groups in total. The highest BCUT2D eigenvalue weighted by molar-refractivity contribution is 7.83. The molecular weight excluding hydrogens is 550 g/mol. The summed E-state index contributed by atoms with van der Waals surface area (Å²) in [6.07, 6.45) is 9.23. The van der Waals surface area contributed by atoms with Crippen molar-refractivity contribution in [2.24, 2.45) is 5.73 Å². The molecule has 0 spiro atoms. The van der Waals surface area contributed by atoms with Gasteiger partial charge in [-0.3, -0.25) is 9.59 Å². The summed E-state index contributed by atoms with van der Waals surface area (Å²) in [5.41, 5.74) is 5.05. The van der Waals surface area contributed by atoms with E-state index >= 15 is 0 Å². The predicted molar refractivity (Wildman–Crippen MR) is 149 cm³/mol. The Morgan fingerprint density at radius 1 is 1.20 bits per heavy atom. The van der Waals surface area contributed by atoms with Gasteiger partial charge in [0.2, 0.25) is 0 Å². The largest absolute Gasteiger partial charge is 0.735 e. The standard InChI is InChI=1S/C23H30N2O5.C6H13NO3S/c1-25(13-16-3-2-10-30-16)9-8-22-12-15(26)6-7-23(22,29)18(25)11-14-4-5-17(21(24)28)20(27)19(14)22;8-11(9,10)7-6-4-2-1-3-5-6/h4-5,16,18,29H,2-3,6-13H2,1H3,(H2-,24,27,28);6-7H,1-5H2,(H,8,9,10)/t16?,18-,22-,23-,25?;/m1./s1. The molecule has 5 atom stereocenters. The van der Waals surface area contributed by atoms with Gasteiger partial charge in [0, 0.05) is 49.3 Å². The van der Waals surface area contributed by atoms with Crippen LogP contribution in [-0.2, 0) is 31.7 Å². The molecule has 2 saturated carbocycles. The number of phenols is 1. The summed E-state index contributed by atoms with van der Waals surface area (Å²) in [7, 11) is -2.02. The van der Waals surface area contributed by atoms with Crippen molar-refractivity contribution in [2.45, 2.75) is 106 Å². The second kappa shape index (κ2) is 11.2. The van der Waals surface area contributed by atoms with Crippen LogP contribution in [0.4, 0.5) is 0 Å². The molecule has 228 valence electrons. The summed E-state index contributed by atoms with van der Waals surface area (Å²) >= 11 is 0. The van der Waals surface area contributed by atoms with Gasteiger partial charge in [0.1, 0.15) is 35.8 Å². The van der Waals surface area contributed by atoms with E-state index in [9.17, 15) is 32.8 Å². The highest BCUT2D eigenvalue weighted by Crippen LogP contribution is 2.61. The van der Waals surface area contributed by atoms with Gasteiger partial charge in [-0.2, -0.15) is 0 Å². The van der Waals surface area contributed by atoms with Gasteiger partial charge in [0.25, 0.3) is 5.91 Å². The normalized spacial score (nSPS) is 35.1. The number of aliphatic hydroxyl groups is 1. The average molecular weight is 594 g/mol. The predicted octanol–water partition coefficient (Wildman–Crippen LogP) is 1.54. The number of nitrogens with zero attached hydrogens (tertiary/aromatic N) is 1. The molecule has 1 amide bonds. The van der Waals surface area contributed by atoms with E-state index in [1.54, 1.807) is 6.07 Å². The van der Waals surface area contributed by atoms with Crippen LogP contribution in [0.1, 0.15) is 92.1 Å². The van der Waals surface area contributed by atoms with Crippen molar-refractivity contribution in [1.29, 1.82) is 0 Å². The minimum atomic E-state index is -4.22. The van der Waals surface area contributed by atoms with Gasteiger partial charge in [-0.1, -0.05) is 25.3 Å². The molecule has 5 aliphatic rings. The third-order valence-corrected chi connectivity index (χ3v) is 11.1. The number of carbonyl (C=O) groups excluding carboxylic acids is 2. The lowest BCUT2D eigenvalue weighted by Crippen LogP contribution is -2.78. The lowest BCUT2D eigenvalue weighted by Gasteiger charge is -2.65. The number of primary amides is 1. The lowest BCUT2D eigenvalue weighted by atomic mass is 9.48. The summed E-state index contributed by atoms with van der Waals surface area (Å²) in [5, 5.41) is 23.3. The van der Waals surface area contributed by atoms with Crippen molar-refractivity contribution in [1.82, 2.24) is 4.72 Å². The minimum Gasteiger partial charge on any atom is -0.735 e. The Morgan fingerprint density at radius 2 is 1.93 bits per heavy atom. The quantitative estimate of drug-likeness (QED) is 0.293. The van der Waals surface area contributed by atoms with Gasteiger partial charge in [0.15, 0.2) is 10.3 Å². The van der Waals surface area contributed by atoms with Crippen LogP contribution in [0.15, 0.2) is 12.1 Å². The van der Waals surface area contributed by atoms with E-state index in [1.807, 2.05) is 6.07 Å². The molecule has 2 saturated heterocycles. The Morgan fingerprint density at radius 3 is 2.56 bits per heavy atom. The summed E-state index contributed by atoms with van der Waals surface area (Å²) in [4.78, 5) is 24.5. The molecule has 6 rings (SSSR count). The van der Waals surface area contributed by atoms with E-state index in [4.69, 9.17) is 10.5 Å². The highest BCUT2D eigenvalue weighted by atomic mass is 32.2. The molecule has 0 radical (unpaired) electrons. The lowest BCUT2D eigenvalue weighted by molar-refractivity contribution is -0.951. The number of Topliss-reactive ketones (excluding diaryl/α,β-unsaturated/α-hetero) is 1. The van der Waals surface area contributed by atoms with Gasteiger partial charge in [-0.15, -0.1) is 0 Å². The van der Waals surface area contributed by atoms with Crippen LogP contribution < -0.4 is 10.5 Å². The van der Waals surface area contributed by atoms with Crippen LogP contribution in [-0.4, -0.2) is 89.9 Å². The SMILES string of the molecule is C[N+]1(CC2CCCO2)CC[C@]23CC(=O)CC[C@@]2(O)[C@H]1Cc1ccc(C(N)=O)c(O)c13.O=S(=O)([O-])NC1CCCCC1. The fourth-order valence-corrected chi connectivity index (χ4v) is 9.16. The monoisotopic (exact) mass is 593 g/mol. The fourth-order valence-electron chi connectivity index (χ4n) is 8.52. The number of fused-ring (bicyclic) bond motifs is 1. The molecule has 3 aliphatic carbocycles. The maximum absolute atomic E-state index is 12.6. The van der Waals surface area contributed by atoms with Gasteiger partial charge in [-0.25, -0.2) is 13.1 Å². The minimum absolute atomic E-state index is 0.0594. The number of rotatable bonds is 5. The Hall–Kier alpha value is -2.09. The van der Waals surface area contributed by atoms with E-state index < -0.39 is 27.2 Å². The molecule has 2 aliphatic heterocycles. The Bertz CT molecular complexity index is 1290. The Balaban J connectivity index is 0.000000259. The average Bonchev–Trinajstić information content (AvgIpc) is 3.39. The molecule has 2 heterocycles. The first kappa shape index (κ1) is 30.4. The maximum Gasteiger partial charge on any atom is 0.252 e. The number of likely N-dealkylation sites (tertiary alicyclic amines) is 1. The van der Waals surface area contributed by atoms with Gasteiger partial charge >= 0.3 is 0 Å². The molecule has 2 unspecified atom stereocenters. The van der Waals surface area contributed by atoms with E-state index in [-0.39, 0.29) is 41.7 Å². The second-order valence-electron chi connectivity index (χ2n) is 13.0. The van der Waals surface area contributed by atoms with Crippen molar-refractivity contribution in [3.63, 3.8) is 0 Å². The van der Waals surface area contributed by atoms with Gasteiger partial charge < -0.3 is 29.7 Å². The summed E-state index contributed by atoms with van der Waals surface area (Å²) in [6, 6.07) is 3.23. The van der Waals surface area contributed by atoms with Crippen molar-refractivity contribution in [2.75, 3.05) is 26.7 Å². The molecule has 0 aromatic heterocycles. The van der Waals surface area contributed by atoms with Crippen LogP contribution in [0, 0.1) is 0 Å². The number of ether oxygens (including phenoxy) is 1. The molecule has 11 nitrogen and oxygen atoms in total. The zero-order chi connectivity index (χ0) is 29.6. The topological polar surface area (TPSA) is 179 Å². The van der Waals surface area contributed by atoms with E-state index in [1.165, 1.54) is 0 Å². The van der Waals surface area contributed by atoms with Crippen molar-refractivity contribution < 1.29 is 42.0 Å². The van der Waals surface area contributed by atoms with Crippen LogP contribution in [0.25, 0.3) is 0 Å². The summed E-state index contributed by atoms with van der Waals surface area (Å²) in [6.45, 7) is 2.43. The maximum atomic E-state index is 12.6. The second-order valence-corrected chi connectivity index (χ2v) is 14.1. The number of nitrogens with one attached hydrogen (secondary N) is 1. The number of nitrogens with two attached hydrogens (primary N) is 1. The number of benzene rings is 1. The van der Waals surface area contributed by atoms with Gasteiger partial charge in [0.05, 0.1) is 19.2 Å². The zero-order valence-electron chi connectivity index (χ0n) is 23.8. The van der Waals surface area contributed by atoms with Crippen LogP contribution >= 0.6 is 0 Å². The number of quaternary nitrogens is 1. The molecular formula is C29H43N3O8S. The van der Waals surface area contributed by atoms with Crippen molar-refractivity contribution in [3.05, 3.63) is 28.8 Å². The first-order valence-electron chi connectivity index (χ1n) is 14.9. The first-order chi connectivity index (χ1) is 19.3. The van der Waals surface area contributed by atoms with Crippen LogP contribution in [0.3, 0.4) is 0 Å². The smallest absolute Gasteiger partial charge is 0.252 e. The number of hydrogen-bond donors (Lipinski definition) is 4.